The van der Waals surface area contributed by atoms with Crippen molar-refractivity contribution in [3.05, 3.63) is 54.6 Å². The van der Waals surface area contributed by atoms with Gasteiger partial charge in [-0.2, -0.15) is 0 Å². The highest BCUT2D eigenvalue weighted by atomic mass is 32.1. The second-order valence-electron chi connectivity index (χ2n) is 7.76. The van der Waals surface area contributed by atoms with Crippen LogP contribution < -0.4 is 10.1 Å². The molecule has 3 aromatic rings. The number of rotatable bonds is 5. The smallest absolute Gasteiger partial charge is 0.307 e. The normalized spacial score (nSPS) is 24.3. The van der Waals surface area contributed by atoms with Gasteiger partial charge in [0, 0.05) is 0 Å². The lowest BCUT2D eigenvalue weighted by Crippen LogP contribution is -2.36. The van der Waals surface area contributed by atoms with Crippen molar-refractivity contribution < 1.29 is 19.4 Å². The first-order valence-corrected chi connectivity index (χ1v) is 10.6. The molecule has 1 aromatic heterocycles. The molecule has 0 aliphatic heterocycles. The standard InChI is InChI=1S/C23H20N2O4S/c1-29-16-7-4-12(5-8-16)13-6-9-17-18(11-13)30-23(24-17)25-21(26)19-14-2-3-15(10-14)20(19)22(27)28/h2-9,11,14-15,19-20H,10H2,1H3,(H,27,28)(H,24,25,26). The van der Waals surface area contributed by atoms with Gasteiger partial charge in [-0.1, -0.05) is 41.7 Å². The van der Waals surface area contributed by atoms with Crippen LogP contribution in [0.4, 0.5) is 5.13 Å². The minimum atomic E-state index is -0.902. The first kappa shape index (κ1) is 18.8. The lowest BCUT2D eigenvalue weighted by atomic mass is 9.82. The van der Waals surface area contributed by atoms with E-state index in [9.17, 15) is 14.7 Å². The Morgan fingerprint density at radius 2 is 1.77 bits per heavy atom. The topological polar surface area (TPSA) is 88.5 Å². The second-order valence-corrected chi connectivity index (χ2v) is 8.79. The van der Waals surface area contributed by atoms with Crippen LogP contribution >= 0.6 is 11.3 Å². The monoisotopic (exact) mass is 420 g/mol. The number of fused-ring (bicyclic) bond motifs is 3. The fourth-order valence-corrected chi connectivity index (χ4v) is 5.55. The number of nitrogens with zero attached hydrogens (tertiary/aromatic N) is 1. The lowest BCUT2D eigenvalue weighted by molar-refractivity contribution is -0.146. The Morgan fingerprint density at radius 1 is 1.07 bits per heavy atom. The summed E-state index contributed by atoms with van der Waals surface area (Å²) in [6, 6.07) is 13.8. The fourth-order valence-electron chi connectivity index (χ4n) is 4.65. The number of thiazole rings is 1. The molecule has 2 aromatic carbocycles. The number of aromatic nitrogens is 1. The maximum Gasteiger partial charge on any atom is 0.307 e. The molecular formula is C23H20N2O4S. The highest BCUT2D eigenvalue weighted by molar-refractivity contribution is 7.22. The van der Waals surface area contributed by atoms with Gasteiger partial charge in [-0.3, -0.25) is 9.59 Å². The van der Waals surface area contributed by atoms with E-state index in [1.807, 2.05) is 54.6 Å². The molecule has 1 heterocycles. The molecule has 152 valence electrons. The van der Waals surface area contributed by atoms with Gasteiger partial charge >= 0.3 is 5.97 Å². The van der Waals surface area contributed by atoms with Crippen LogP contribution in [-0.2, 0) is 9.59 Å². The van der Waals surface area contributed by atoms with Crippen LogP contribution in [0.15, 0.2) is 54.6 Å². The van der Waals surface area contributed by atoms with Crippen LogP contribution in [0.2, 0.25) is 0 Å². The van der Waals surface area contributed by atoms with E-state index in [0.29, 0.717) is 5.13 Å². The van der Waals surface area contributed by atoms with Gasteiger partial charge in [0.15, 0.2) is 5.13 Å². The van der Waals surface area contributed by atoms with Crippen molar-refractivity contribution in [2.45, 2.75) is 6.42 Å². The van der Waals surface area contributed by atoms with Crippen LogP contribution in [0.3, 0.4) is 0 Å². The van der Waals surface area contributed by atoms with Crippen LogP contribution in [0.1, 0.15) is 6.42 Å². The molecule has 5 rings (SSSR count). The molecule has 1 fully saturated rings. The fraction of sp³-hybridized carbons (Fsp3) is 0.261. The number of carbonyl (C=O) groups is 2. The molecule has 0 spiro atoms. The van der Waals surface area contributed by atoms with E-state index in [0.717, 1.165) is 33.5 Å². The molecule has 2 aliphatic rings. The summed E-state index contributed by atoms with van der Waals surface area (Å²) in [5.41, 5.74) is 2.92. The predicted octanol–water partition coefficient (Wildman–Crippen LogP) is 4.43. The number of methoxy groups -OCH3 is 1. The van der Waals surface area contributed by atoms with E-state index in [2.05, 4.69) is 10.3 Å². The minimum absolute atomic E-state index is 0.00727. The second kappa shape index (κ2) is 7.25. The summed E-state index contributed by atoms with van der Waals surface area (Å²) in [5, 5.41) is 12.9. The van der Waals surface area contributed by atoms with Gasteiger partial charge in [0.2, 0.25) is 5.91 Å². The Balaban J connectivity index is 1.38. The first-order valence-electron chi connectivity index (χ1n) is 9.80. The number of hydrogen-bond acceptors (Lipinski definition) is 5. The van der Waals surface area contributed by atoms with Crippen molar-refractivity contribution in [2.75, 3.05) is 12.4 Å². The van der Waals surface area contributed by atoms with Gasteiger partial charge in [-0.15, -0.1) is 0 Å². The first-order chi connectivity index (χ1) is 14.5. The zero-order chi connectivity index (χ0) is 20.8. The number of carboxylic acid groups (broad SMARTS) is 1. The summed E-state index contributed by atoms with van der Waals surface area (Å²) in [6.45, 7) is 0. The third-order valence-corrected chi connectivity index (χ3v) is 7.02. The van der Waals surface area contributed by atoms with E-state index >= 15 is 0 Å². The molecule has 1 saturated carbocycles. The largest absolute Gasteiger partial charge is 0.497 e. The van der Waals surface area contributed by atoms with E-state index in [1.54, 1.807) is 7.11 Å². The summed E-state index contributed by atoms with van der Waals surface area (Å²) in [4.78, 5) is 29.1. The van der Waals surface area contributed by atoms with Gasteiger partial charge in [-0.05, 0) is 53.6 Å². The van der Waals surface area contributed by atoms with Gasteiger partial charge in [0.25, 0.3) is 0 Å². The molecule has 6 nitrogen and oxygen atoms in total. The molecule has 4 unspecified atom stereocenters. The summed E-state index contributed by atoms with van der Waals surface area (Å²) in [7, 11) is 1.64. The van der Waals surface area contributed by atoms with Crippen molar-refractivity contribution in [1.29, 1.82) is 0 Å². The van der Waals surface area contributed by atoms with Gasteiger partial charge in [0.05, 0.1) is 29.2 Å². The number of ether oxygens (including phenoxy) is 1. The molecule has 1 amide bonds. The van der Waals surface area contributed by atoms with Gasteiger partial charge < -0.3 is 15.2 Å². The SMILES string of the molecule is COc1ccc(-c2ccc3nc(NC(=O)C4C5C=CC(C5)C4C(=O)O)sc3c2)cc1. The Bertz CT molecular complexity index is 1170. The van der Waals surface area contributed by atoms with Crippen molar-refractivity contribution >= 4 is 38.6 Å². The van der Waals surface area contributed by atoms with Crippen LogP contribution in [0, 0.1) is 23.7 Å². The molecule has 2 N–H and O–H groups in total. The van der Waals surface area contributed by atoms with E-state index in [1.165, 1.54) is 11.3 Å². The van der Waals surface area contributed by atoms with E-state index < -0.39 is 17.8 Å². The summed E-state index contributed by atoms with van der Waals surface area (Å²) >= 11 is 1.40. The molecule has 0 radical (unpaired) electrons. The molecule has 30 heavy (non-hydrogen) atoms. The molecule has 2 bridgehead atoms. The Morgan fingerprint density at radius 3 is 2.47 bits per heavy atom. The number of amides is 1. The number of anilines is 1. The third kappa shape index (κ3) is 3.15. The maximum absolute atomic E-state index is 12.9. The van der Waals surface area contributed by atoms with E-state index in [-0.39, 0.29) is 17.7 Å². The molecule has 0 saturated heterocycles. The highest BCUT2D eigenvalue weighted by Crippen LogP contribution is 2.48. The van der Waals surface area contributed by atoms with E-state index in [4.69, 9.17) is 4.74 Å². The average Bonchev–Trinajstić information content (AvgIpc) is 3.46. The number of benzene rings is 2. The number of carboxylic acids is 1. The summed E-state index contributed by atoms with van der Waals surface area (Å²) in [5.74, 6) is -1.61. The Labute approximate surface area is 177 Å². The highest BCUT2D eigenvalue weighted by Gasteiger charge is 2.51. The van der Waals surface area contributed by atoms with Crippen LogP contribution in [0.25, 0.3) is 21.3 Å². The van der Waals surface area contributed by atoms with Crippen molar-refractivity contribution in [1.82, 2.24) is 4.98 Å². The molecule has 7 heteroatoms. The molecule has 4 atom stereocenters. The minimum Gasteiger partial charge on any atom is -0.497 e. The third-order valence-electron chi connectivity index (χ3n) is 6.09. The summed E-state index contributed by atoms with van der Waals surface area (Å²) < 4.78 is 6.17. The zero-order valence-corrected chi connectivity index (χ0v) is 17.1. The number of carbonyl (C=O) groups excluding carboxylic acids is 1. The molecular weight excluding hydrogens is 400 g/mol. The van der Waals surface area contributed by atoms with Crippen molar-refractivity contribution in [3.63, 3.8) is 0 Å². The number of nitrogens with one attached hydrogen (secondary N) is 1. The summed E-state index contributed by atoms with van der Waals surface area (Å²) in [6.07, 6.45) is 4.65. The quantitative estimate of drug-likeness (QED) is 0.596. The van der Waals surface area contributed by atoms with Crippen LogP contribution in [-0.4, -0.2) is 29.1 Å². The van der Waals surface area contributed by atoms with Gasteiger partial charge in [0.1, 0.15) is 5.75 Å². The number of hydrogen-bond donors (Lipinski definition) is 2. The lowest BCUT2D eigenvalue weighted by Gasteiger charge is -2.23. The van der Waals surface area contributed by atoms with Gasteiger partial charge in [-0.25, -0.2) is 4.98 Å². The van der Waals surface area contributed by atoms with Crippen LogP contribution in [0.5, 0.6) is 5.75 Å². The van der Waals surface area contributed by atoms with Crippen molar-refractivity contribution in [2.24, 2.45) is 23.7 Å². The predicted molar refractivity (Wildman–Crippen MR) is 116 cm³/mol. The Kier molecular flexibility index (Phi) is 4.55. The number of allylic oxidation sites excluding steroid dienone is 2. The number of aliphatic carboxylic acids is 1. The molecule has 2 aliphatic carbocycles. The van der Waals surface area contributed by atoms with Crippen molar-refractivity contribution in [3.8, 4) is 16.9 Å². The zero-order valence-electron chi connectivity index (χ0n) is 16.2. The Hall–Kier alpha value is -3.19. The maximum atomic E-state index is 12.9. The average molecular weight is 420 g/mol.